The molecule has 8 aromatic rings. The number of hydrogen-bond donors (Lipinski definition) is 1. The van der Waals surface area contributed by atoms with Crippen molar-refractivity contribution in [1.82, 2.24) is 29.2 Å². The number of aromatic nitrogens is 4. The molecule has 4 fully saturated rings. The van der Waals surface area contributed by atoms with Crippen LogP contribution in [0.5, 0.6) is 0 Å². The molecule has 0 bridgehead atoms. The Labute approximate surface area is 642 Å². The van der Waals surface area contributed by atoms with Crippen molar-refractivity contribution >= 4 is 261 Å². The van der Waals surface area contributed by atoms with Gasteiger partial charge in [0.2, 0.25) is 0 Å². The molecule has 2 saturated heterocycles. The first-order valence-corrected chi connectivity index (χ1v) is 98.7. The van der Waals surface area contributed by atoms with Crippen molar-refractivity contribution in [3.63, 3.8) is 0 Å². The van der Waals surface area contributed by atoms with Gasteiger partial charge in [0.25, 0.3) is 0 Å². The minimum absolute atomic E-state index is 0. The number of benzene rings is 4. The maximum atomic E-state index is 12.2. The number of aromatic carboxylic acids is 1. The van der Waals surface area contributed by atoms with Crippen LogP contribution in [0.2, 0.25) is 20.1 Å². The number of methoxy groups -OCH3 is 1. The average Bonchev–Trinajstić information content (AvgIpc) is 1.70. The van der Waals surface area contributed by atoms with E-state index in [1.54, 1.807) is 6.20 Å². The van der Waals surface area contributed by atoms with E-state index in [1.807, 2.05) is 84.0 Å². The number of piperazine rings is 2. The third-order valence-corrected chi connectivity index (χ3v) is 678. The van der Waals surface area contributed by atoms with Gasteiger partial charge in [-0.25, -0.2) is 9.59 Å². The number of hydrogen-bond acceptors (Lipinski definition) is 11. The molecule has 1 N–H and O–H groups in total. The Balaban J connectivity index is 0.000000196. The summed E-state index contributed by atoms with van der Waals surface area (Å²) in [6.45, 7) is 11.9. The summed E-state index contributed by atoms with van der Waals surface area (Å²) in [6.07, 6.45) is 9.73. The van der Waals surface area contributed by atoms with E-state index in [0.29, 0.717) is 55.1 Å². The summed E-state index contributed by atoms with van der Waals surface area (Å²) in [7, 11) is 3.56. The van der Waals surface area contributed by atoms with Crippen molar-refractivity contribution < 1.29 is 28.5 Å². The van der Waals surface area contributed by atoms with E-state index in [4.69, 9.17) is 60.2 Å². The Hall–Kier alpha value is 2.76. The number of aryl methyl sites for hydroxylation is 2. The average molecular weight is 2680 g/mol. The minimum atomic E-state index is -0.900. The standard InChI is InChI=1S/C30H32Cl2N4O3.C29H30Cl2N4O3.2CH4.I12/c1-18-16-35(13-14-36(18)20-9-10-21-23(30(37)38-3)17-34(2)26(21)15-20)12-11-22-28(33-39-29(22)19-7-8-19)27-24(31)5-4-6-25(27)32;1-17-15-34(12-13-35(17)19-8-9-20-22(29(36)37)16-33(2)25(20)14-19)11-10-21-27(32-38-28(21)18-6-7-18)26-23(30)4-3-5-24(26)31;;;1-8(2)10(5)12(7)11(6)9(3)4/h4-6,9-10,15,17-19H,7-8,11-14,16H2,1-3H3;3-5,8-9,14,16-18H,6-7,10-13,15H2,1-2H3,(H,36,37);2*1H4;. The number of anilines is 2. The molecule has 2 aliphatic heterocycles. The van der Waals surface area contributed by atoms with Crippen LogP contribution in [-0.2, 0) is 31.7 Å². The first-order valence-electron chi connectivity index (χ1n) is 28.1. The molecule has 502 valence electrons. The van der Waals surface area contributed by atoms with Crippen molar-refractivity contribution in [1.29, 1.82) is 0 Å². The van der Waals surface area contributed by atoms with Crippen molar-refractivity contribution in [2.24, 2.45) is 14.1 Å². The van der Waals surface area contributed by atoms with Crippen LogP contribution in [0.3, 0.4) is 0 Å². The van der Waals surface area contributed by atoms with Crippen molar-refractivity contribution in [3.8, 4) is 22.5 Å². The molecule has 0 amide bonds. The number of nitrogens with zero attached hydrogens (tertiary/aromatic N) is 8. The van der Waals surface area contributed by atoms with Gasteiger partial charge in [0.1, 0.15) is 22.9 Å². The number of carboxylic acid groups (broad SMARTS) is 1. The summed E-state index contributed by atoms with van der Waals surface area (Å²) in [5.74, 6) is 1.66. The van der Waals surface area contributed by atoms with Gasteiger partial charge in [-0.3, -0.25) is 9.80 Å². The van der Waals surface area contributed by atoms with Crippen LogP contribution in [-0.4, -0.2) is 118 Å². The number of carbonyl (C=O) groups excluding carboxylic acids is 1. The van der Waals surface area contributed by atoms with E-state index < -0.39 is 5.97 Å². The van der Waals surface area contributed by atoms with E-state index in [9.17, 15) is 14.7 Å². The molecule has 2 atom stereocenters. The van der Waals surface area contributed by atoms with Crippen molar-refractivity contribution in [2.75, 3.05) is 69.3 Å². The third kappa shape index (κ3) is 19.3. The van der Waals surface area contributed by atoms with Gasteiger partial charge in [0, 0.05) is 147 Å². The molecular weight excluding hydrogens is 2610 g/mol. The van der Waals surface area contributed by atoms with Gasteiger partial charge in [0.05, 0.1) is 49.4 Å². The molecule has 4 aliphatic rings. The molecule has 0 radical (unpaired) electrons. The zero-order valence-electron chi connectivity index (χ0n) is 48.4. The number of fused-ring (bicyclic) bond motifs is 2. The Morgan fingerprint density at radius 1 is 0.593 bits per heavy atom. The summed E-state index contributed by atoms with van der Waals surface area (Å²) in [6, 6.07) is 24.1. The normalized spacial score (nSPS) is 17.7. The molecule has 2 saturated carbocycles. The zero-order chi connectivity index (χ0) is 63.7. The van der Waals surface area contributed by atoms with Gasteiger partial charge in [0.15, 0.2) is 0 Å². The van der Waals surface area contributed by atoms with Crippen LogP contribution in [0.1, 0.15) is 110 Å². The number of rotatable bonds is 18. The number of ether oxygens (including phenoxy) is 1. The van der Waals surface area contributed by atoms with Crippen LogP contribution < -0.4 is 9.80 Å². The number of esters is 1. The monoisotopic (exact) mass is 2670 g/mol. The SMILES string of the molecule is C.C.CC1CN(CCc2c(-c3c(Cl)cccc3Cl)noc2C2CC2)CCN1c1ccc2c(C(=O)O)cn(C)c2c1.COC(=O)c1cn(C)c2cc(N3CCN(CCc4c(-c5c(Cl)cccc5Cl)noc4C4CC4)CC3C)ccc12.II(I)I(I)I(I)I(I)I(I)I. The third-order valence-electron chi connectivity index (χ3n) is 16.3. The second-order valence-electron chi connectivity index (χ2n) is 22.0. The molecule has 12 rings (SSSR count). The summed E-state index contributed by atoms with van der Waals surface area (Å²) in [5, 5.41) is 22.4. The quantitative estimate of drug-likeness (QED) is 0.0646. The summed E-state index contributed by atoms with van der Waals surface area (Å²) < 4.78 is 20.6. The van der Waals surface area contributed by atoms with E-state index in [1.165, 1.54) is 7.11 Å². The molecule has 4 aromatic heterocycles. The van der Waals surface area contributed by atoms with Gasteiger partial charge in [-0.15, -0.1) is 0 Å². The number of carbonyl (C=O) groups is 2. The molecule has 14 nitrogen and oxygen atoms in total. The predicted molar refractivity (Wildman–Crippen MR) is 488 cm³/mol. The molecule has 4 aromatic carbocycles. The van der Waals surface area contributed by atoms with E-state index in [2.05, 4.69) is 192 Å². The molecule has 2 aliphatic carbocycles. The fraction of sp³-hybridized carbons (Fsp3) is 0.410. The molecular formula is C61H70Cl4I12N8O6. The van der Waals surface area contributed by atoms with Crippen LogP contribution in [0.25, 0.3) is 44.3 Å². The Kier molecular flexibility index (Phi) is 31.7. The van der Waals surface area contributed by atoms with Gasteiger partial charge in [-0.2, -0.15) is 0 Å². The topological polar surface area (TPSA) is 138 Å². The Morgan fingerprint density at radius 2 is 0.978 bits per heavy atom. The number of carboxylic acids is 1. The Morgan fingerprint density at radius 3 is 1.33 bits per heavy atom. The second kappa shape index (κ2) is 36.3. The number of halogens is 16. The molecule has 91 heavy (non-hydrogen) atoms. The maximum absolute atomic E-state index is 12.2. The summed E-state index contributed by atoms with van der Waals surface area (Å²) in [4.78, 5) is 33.6. The summed E-state index contributed by atoms with van der Waals surface area (Å²) >= 11 is 46.2. The molecule has 2 unspecified atom stereocenters. The van der Waals surface area contributed by atoms with Crippen LogP contribution in [0, 0.1) is 0 Å². The molecule has 30 heteroatoms. The Bertz CT molecular complexity index is 3800. The van der Waals surface area contributed by atoms with E-state index in [-0.39, 0.29) is 60.3 Å². The van der Waals surface area contributed by atoms with Crippen molar-refractivity contribution in [2.45, 2.75) is 91.1 Å². The first-order chi connectivity index (χ1) is 42.5. The second-order valence-corrected chi connectivity index (χ2v) is 267. The fourth-order valence-corrected chi connectivity index (χ4v) is 1270. The van der Waals surface area contributed by atoms with E-state index in [0.717, 1.165) is 169 Å². The van der Waals surface area contributed by atoms with Gasteiger partial charge >= 0.3 is 182 Å². The summed E-state index contributed by atoms with van der Waals surface area (Å²) in [5.41, 5.74) is 10.5. The van der Waals surface area contributed by atoms with Crippen LogP contribution in [0.4, 0.5) is 11.4 Å². The van der Waals surface area contributed by atoms with Crippen molar-refractivity contribution in [3.05, 3.63) is 139 Å². The molecule has 0 spiro atoms. The first kappa shape index (κ1) is 79.5. The molecule has 6 heterocycles. The predicted octanol–water partition coefficient (Wildman–Crippen LogP) is 24.9. The fourth-order valence-electron chi connectivity index (χ4n) is 11.7. The van der Waals surface area contributed by atoms with Gasteiger partial charge < -0.3 is 37.8 Å². The van der Waals surface area contributed by atoms with Crippen LogP contribution in [0.15, 0.2) is 94.2 Å². The van der Waals surface area contributed by atoms with Gasteiger partial charge in [-0.05, 0) is 113 Å². The zero-order valence-corrected chi connectivity index (χ0v) is 77.3. The van der Waals surface area contributed by atoms with Crippen LogP contribution >= 0.6 is 216 Å². The van der Waals surface area contributed by atoms with Gasteiger partial charge in [-0.1, -0.05) is 83.7 Å². The van der Waals surface area contributed by atoms with E-state index >= 15 is 0 Å².